The summed E-state index contributed by atoms with van der Waals surface area (Å²) in [7, 11) is 0. The summed E-state index contributed by atoms with van der Waals surface area (Å²) in [6.45, 7) is 4.25. The van der Waals surface area contributed by atoms with Crippen LogP contribution >= 0.6 is 12.2 Å². The Bertz CT molecular complexity index is 157. The van der Waals surface area contributed by atoms with Crippen LogP contribution in [0.3, 0.4) is 0 Å². The summed E-state index contributed by atoms with van der Waals surface area (Å²) >= 11 is 4.78. The van der Waals surface area contributed by atoms with Crippen LogP contribution in [0.25, 0.3) is 0 Å². The largest absolute Gasteiger partial charge is 0.391 e. The van der Waals surface area contributed by atoms with E-state index < -0.39 is 0 Å². The second-order valence-electron chi connectivity index (χ2n) is 3.11. The van der Waals surface area contributed by atoms with Gasteiger partial charge in [-0.3, -0.25) is 0 Å². The zero-order valence-corrected chi connectivity index (χ0v) is 8.10. The van der Waals surface area contributed by atoms with Crippen molar-refractivity contribution in [1.82, 2.24) is 0 Å². The van der Waals surface area contributed by atoms with Gasteiger partial charge in [0.05, 0.1) is 13.2 Å². The van der Waals surface area contributed by atoms with Crippen molar-refractivity contribution in [1.29, 1.82) is 0 Å². The molecule has 2 atom stereocenters. The van der Waals surface area contributed by atoms with Crippen LogP contribution in [0.1, 0.15) is 13.3 Å². The third-order valence-corrected chi connectivity index (χ3v) is 2.34. The van der Waals surface area contributed by atoms with Gasteiger partial charge in [0.1, 0.15) is 11.1 Å². The van der Waals surface area contributed by atoms with E-state index in [2.05, 4.69) is 0 Å². The molecule has 0 amide bonds. The minimum atomic E-state index is -0.111. The van der Waals surface area contributed by atoms with E-state index in [0.717, 1.165) is 19.6 Å². The minimum absolute atomic E-state index is 0.111. The molecular formula is C8H15NO2S. The van der Waals surface area contributed by atoms with Gasteiger partial charge in [0, 0.05) is 12.5 Å². The van der Waals surface area contributed by atoms with Gasteiger partial charge in [-0.15, -0.1) is 0 Å². The van der Waals surface area contributed by atoms with Gasteiger partial charge in [0.25, 0.3) is 0 Å². The molecule has 0 bridgehead atoms. The number of hydrogen-bond acceptors (Lipinski definition) is 3. The SMILES string of the molecule is CC(OCC1CCOC1)C(N)=S. The average Bonchev–Trinajstić information content (AvgIpc) is 2.51. The van der Waals surface area contributed by atoms with E-state index in [1.807, 2.05) is 6.92 Å². The van der Waals surface area contributed by atoms with Gasteiger partial charge >= 0.3 is 0 Å². The van der Waals surface area contributed by atoms with Crippen LogP contribution in [0.2, 0.25) is 0 Å². The highest BCUT2D eigenvalue weighted by atomic mass is 32.1. The zero-order valence-electron chi connectivity index (χ0n) is 7.29. The van der Waals surface area contributed by atoms with Crippen LogP contribution in [0.5, 0.6) is 0 Å². The standard InChI is InChI=1S/C8H15NO2S/c1-6(8(9)12)11-5-7-2-3-10-4-7/h6-7H,2-5H2,1H3,(H2,9,12). The molecule has 0 spiro atoms. The van der Waals surface area contributed by atoms with Crippen molar-refractivity contribution in [2.75, 3.05) is 19.8 Å². The molecule has 3 nitrogen and oxygen atoms in total. The van der Waals surface area contributed by atoms with E-state index in [4.69, 9.17) is 27.4 Å². The fourth-order valence-corrected chi connectivity index (χ4v) is 1.15. The molecule has 70 valence electrons. The van der Waals surface area contributed by atoms with Gasteiger partial charge in [0.15, 0.2) is 0 Å². The highest BCUT2D eigenvalue weighted by Gasteiger charge is 2.17. The highest BCUT2D eigenvalue weighted by molar-refractivity contribution is 7.80. The first-order valence-corrected chi connectivity index (χ1v) is 4.59. The Kier molecular flexibility index (Phi) is 3.91. The molecule has 1 aliphatic rings. The molecule has 12 heavy (non-hydrogen) atoms. The second kappa shape index (κ2) is 4.74. The van der Waals surface area contributed by atoms with E-state index in [1.165, 1.54) is 0 Å². The Morgan fingerprint density at radius 3 is 3.08 bits per heavy atom. The molecule has 0 aliphatic carbocycles. The van der Waals surface area contributed by atoms with Gasteiger partial charge in [-0.1, -0.05) is 12.2 Å². The van der Waals surface area contributed by atoms with Crippen molar-refractivity contribution in [2.45, 2.75) is 19.4 Å². The first kappa shape index (κ1) is 9.89. The molecule has 4 heteroatoms. The molecule has 0 saturated carbocycles. The Labute approximate surface area is 78.2 Å². The van der Waals surface area contributed by atoms with Crippen molar-refractivity contribution in [3.05, 3.63) is 0 Å². The van der Waals surface area contributed by atoms with Gasteiger partial charge < -0.3 is 15.2 Å². The van der Waals surface area contributed by atoms with Crippen LogP contribution in [0.4, 0.5) is 0 Å². The van der Waals surface area contributed by atoms with Gasteiger partial charge in [-0.2, -0.15) is 0 Å². The molecular weight excluding hydrogens is 174 g/mol. The smallest absolute Gasteiger partial charge is 0.104 e. The van der Waals surface area contributed by atoms with E-state index in [9.17, 15) is 0 Å². The predicted octanol–water partition coefficient (Wildman–Crippen LogP) is 0.714. The first-order chi connectivity index (χ1) is 5.70. The van der Waals surface area contributed by atoms with Crippen LogP contribution in [0, 0.1) is 5.92 Å². The van der Waals surface area contributed by atoms with Gasteiger partial charge in [0.2, 0.25) is 0 Å². The summed E-state index contributed by atoms with van der Waals surface area (Å²) in [4.78, 5) is 0.425. The van der Waals surface area contributed by atoms with Crippen LogP contribution in [-0.4, -0.2) is 30.9 Å². The molecule has 0 aromatic carbocycles. The number of hydrogen-bond donors (Lipinski definition) is 1. The van der Waals surface area contributed by atoms with E-state index in [0.29, 0.717) is 17.5 Å². The summed E-state index contributed by atoms with van der Waals surface area (Å²) in [5.74, 6) is 0.529. The quantitative estimate of drug-likeness (QED) is 0.662. The lowest BCUT2D eigenvalue weighted by atomic mass is 10.1. The van der Waals surface area contributed by atoms with E-state index >= 15 is 0 Å². The third kappa shape index (κ3) is 3.05. The molecule has 1 rings (SSSR count). The third-order valence-electron chi connectivity index (χ3n) is 2.01. The average molecular weight is 189 g/mol. The van der Waals surface area contributed by atoms with Crippen LogP contribution in [0.15, 0.2) is 0 Å². The van der Waals surface area contributed by atoms with Gasteiger partial charge in [-0.05, 0) is 13.3 Å². The maximum atomic E-state index is 5.44. The zero-order chi connectivity index (χ0) is 8.97. The molecule has 1 heterocycles. The summed E-state index contributed by atoms with van der Waals surface area (Å²) in [5, 5.41) is 0. The Morgan fingerprint density at radius 2 is 2.58 bits per heavy atom. The lowest BCUT2D eigenvalue weighted by Crippen LogP contribution is -2.28. The lowest BCUT2D eigenvalue weighted by molar-refractivity contribution is 0.0718. The number of nitrogens with two attached hydrogens (primary N) is 1. The summed E-state index contributed by atoms with van der Waals surface area (Å²) in [5.41, 5.74) is 5.40. The van der Waals surface area contributed by atoms with Crippen molar-refractivity contribution < 1.29 is 9.47 Å². The second-order valence-corrected chi connectivity index (χ2v) is 3.58. The number of ether oxygens (including phenoxy) is 2. The monoisotopic (exact) mass is 189 g/mol. The molecule has 0 aromatic rings. The maximum Gasteiger partial charge on any atom is 0.104 e. The normalized spacial score (nSPS) is 25.6. The fraction of sp³-hybridized carbons (Fsp3) is 0.875. The summed E-state index contributed by atoms with van der Waals surface area (Å²) in [6, 6.07) is 0. The molecule has 0 radical (unpaired) electrons. The molecule has 2 unspecified atom stereocenters. The predicted molar refractivity (Wildman–Crippen MR) is 51.1 cm³/mol. The van der Waals surface area contributed by atoms with Gasteiger partial charge in [-0.25, -0.2) is 0 Å². The molecule has 1 aliphatic heterocycles. The molecule has 1 fully saturated rings. The van der Waals surface area contributed by atoms with Crippen LogP contribution in [-0.2, 0) is 9.47 Å². The van der Waals surface area contributed by atoms with Crippen molar-refractivity contribution in [3.8, 4) is 0 Å². The van der Waals surface area contributed by atoms with Crippen molar-refractivity contribution in [2.24, 2.45) is 11.7 Å². The molecule has 2 N–H and O–H groups in total. The maximum absolute atomic E-state index is 5.44. The van der Waals surface area contributed by atoms with Crippen LogP contribution < -0.4 is 5.73 Å². The fourth-order valence-electron chi connectivity index (χ4n) is 1.08. The van der Waals surface area contributed by atoms with Crippen molar-refractivity contribution >= 4 is 17.2 Å². The molecule has 1 saturated heterocycles. The number of thiocarbonyl (C=S) groups is 1. The van der Waals surface area contributed by atoms with E-state index in [-0.39, 0.29) is 6.10 Å². The Morgan fingerprint density at radius 1 is 1.83 bits per heavy atom. The summed E-state index contributed by atoms with van der Waals surface area (Å²) < 4.78 is 10.6. The summed E-state index contributed by atoms with van der Waals surface area (Å²) in [6.07, 6.45) is 0.977. The lowest BCUT2D eigenvalue weighted by Gasteiger charge is -2.13. The van der Waals surface area contributed by atoms with E-state index in [1.54, 1.807) is 0 Å². The minimum Gasteiger partial charge on any atom is -0.391 e. The number of rotatable bonds is 4. The first-order valence-electron chi connectivity index (χ1n) is 4.19. The Balaban J connectivity index is 2.11. The van der Waals surface area contributed by atoms with Crippen molar-refractivity contribution in [3.63, 3.8) is 0 Å². The topological polar surface area (TPSA) is 44.5 Å². The highest BCUT2D eigenvalue weighted by Crippen LogP contribution is 2.13. The molecule has 0 aromatic heterocycles. The Hall–Kier alpha value is -0.190.